The summed E-state index contributed by atoms with van der Waals surface area (Å²) >= 11 is 0. The highest BCUT2D eigenvalue weighted by molar-refractivity contribution is 5.65. The predicted octanol–water partition coefficient (Wildman–Crippen LogP) is 4.96. The van der Waals surface area contributed by atoms with Gasteiger partial charge in [-0.2, -0.15) is 5.10 Å². The van der Waals surface area contributed by atoms with Gasteiger partial charge in [0.05, 0.1) is 24.9 Å². The lowest BCUT2D eigenvalue weighted by Crippen LogP contribution is -2.35. The van der Waals surface area contributed by atoms with E-state index in [4.69, 9.17) is 14.6 Å². The van der Waals surface area contributed by atoms with Crippen LogP contribution >= 0.6 is 0 Å². The van der Waals surface area contributed by atoms with Gasteiger partial charge in [-0.1, -0.05) is 61.0 Å². The third-order valence-corrected chi connectivity index (χ3v) is 5.31. The zero-order chi connectivity index (χ0) is 23.6. The maximum atomic E-state index is 10.5. The Kier molecular flexibility index (Phi) is 9.24. The van der Waals surface area contributed by atoms with Gasteiger partial charge in [-0.15, -0.1) is 6.58 Å². The van der Waals surface area contributed by atoms with E-state index in [-0.39, 0.29) is 6.61 Å². The van der Waals surface area contributed by atoms with Gasteiger partial charge in [0.1, 0.15) is 11.4 Å². The molecular weight excluding hydrogens is 414 g/mol. The molecular formula is C27H35N3O3. The first kappa shape index (κ1) is 24.7. The Morgan fingerprint density at radius 1 is 1.15 bits per heavy atom. The molecule has 0 amide bonds. The summed E-state index contributed by atoms with van der Waals surface area (Å²) in [5.41, 5.74) is 4.10. The molecule has 33 heavy (non-hydrogen) atoms. The van der Waals surface area contributed by atoms with Gasteiger partial charge >= 0.3 is 0 Å². The Morgan fingerprint density at radius 3 is 2.55 bits per heavy atom. The van der Waals surface area contributed by atoms with Crippen LogP contribution in [0.1, 0.15) is 24.5 Å². The number of rotatable bonds is 13. The molecule has 0 saturated heterocycles. The van der Waals surface area contributed by atoms with Crippen molar-refractivity contribution in [1.29, 1.82) is 0 Å². The molecule has 6 nitrogen and oxygen atoms in total. The normalized spacial score (nSPS) is 12.2. The van der Waals surface area contributed by atoms with Crippen molar-refractivity contribution in [2.45, 2.75) is 32.9 Å². The van der Waals surface area contributed by atoms with Gasteiger partial charge in [0.25, 0.3) is 0 Å². The highest BCUT2D eigenvalue weighted by Crippen LogP contribution is 2.34. The van der Waals surface area contributed by atoms with Crippen LogP contribution in [0.25, 0.3) is 11.3 Å². The Balaban J connectivity index is 1.91. The summed E-state index contributed by atoms with van der Waals surface area (Å²) in [6.07, 6.45) is 2.07. The fourth-order valence-electron chi connectivity index (χ4n) is 3.78. The molecule has 0 aliphatic heterocycles. The van der Waals surface area contributed by atoms with E-state index in [9.17, 15) is 5.11 Å². The lowest BCUT2D eigenvalue weighted by atomic mass is 10.1. The Morgan fingerprint density at radius 2 is 1.88 bits per heavy atom. The lowest BCUT2D eigenvalue weighted by Gasteiger charge is -2.25. The minimum atomic E-state index is -0.588. The number of nitrogens with zero attached hydrogens (tertiary/aromatic N) is 3. The summed E-state index contributed by atoms with van der Waals surface area (Å²) in [5, 5.41) is 15.3. The molecule has 6 heteroatoms. The number of ether oxygens (including phenoxy) is 2. The third kappa shape index (κ3) is 7.02. The molecule has 0 aliphatic rings. The average molecular weight is 450 g/mol. The van der Waals surface area contributed by atoms with Gasteiger partial charge < -0.3 is 14.6 Å². The molecule has 0 fully saturated rings. The molecule has 1 aromatic heterocycles. The van der Waals surface area contributed by atoms with E-state index in [0.717, 1.165) is 35.5 Å². The van der Waals surface area contributed by atoms with Gasteiger partial charge in [0.15, 0.2) is 0 Å². The van der Waals surface area contributed by atoms with Gasteiger partial charge in [-0.05, 0) is 32.0 Å². The van der Waals surface area contributed by atoms with Crippen molar-refractivity contribution in [3.05, 3.63) is 78.4 Å². The van der Waals surface area contributed by atoms with Crippen molar-refractivity contribution < 1.29 is 14.6 Å². The highest BCUT2D eigenvalue weighted by atomic mass is 16.5. The first-order valence-corrected chi connectivity index (χ1v) is 11.5. The molecule has 1 heterocycles. The predicted molar refractivity (Wildman–Crippen MR) is 132 cm³/mol. The summed E-state index contributed by atoms with van der Waals surface area (Å²) in [5.74, 6) is 1.47. The van der Waals surface area contributed by atoms with Crippen LogP contribution in [0.4, 0.5) is 0 Å². The maximum Gasteiger partial charge on any atom is 0.222 e. The van der Waals surface area contributed by atoms with E-state index >= 15 is 0 Å². The second-order valence-corrected chi connectivity index (χ2v) is 8.25. The molecule has 176 valence electrons. The van der Waals surface area contributed by atoms with Gasteiger partial charge in [-0.25, -0.2) is 4.68 Å². The number of aromatic nitrogens is 2. The number of benzene rings is 2. The monoisotopic (exact) mass is 449 g/mol. The van der Waals surface area contributed by atoms with Crippen molar-refractivity contribution in [2.24, 2.45) is 7.05 Å². The van der Waals surface area contributed by atoms with E-state index < -0.39 is 6.10 Å². The zero-order valence-corrected chi connectivity index (χ0v) is 19.9. The first-order valence-electron chi connectivity index (χ1n) is 11.5. The molecule has 3 aromatic rings. The summed E-state index contributed by atoms with van der Waals surface area (Å²) in [6.45, 7) is 10.5. The zero-order valence-electron chi connectivity index (χ0n) is 19.9. The summed E-state index contributed by atoms with van der Waals surface area (Å²) in [6, 6.07) is 18.2. The van der Waals surface area contributed by atoms with Crippen LogP contribution in [-0.2, 0) is 18.3 Å². The minimum Gasteiger partial charge on any atom is -0.439 e. The van der Waals surface area contributed by atoms with Crippen LogP contribution in [-0.4, -0.2) is 52.2 Å². The van der Waals surface area contributed by atoms with Crippen molar-refractivity contribution >= 4 is 0 Å². The van der Waals surface area contributed by atoms with Crippen LogP contribution in [0.2, 0.25) is 0 Å². The van der Waals surface area contributed by atoms with Crippen LogP contribution < -0.4 is 4.74 Å². The molecule has 0 bridgehead atoms. The van der Waals surface area contributed by atoms with E-state index in [2.05, 4.69) is 37.5 Å². The van der Waals surface area contributed by atoms with Crippen LogP contribution in [0, 0.1) is 6.92 Å². The lowest BCUT2D eigenvalue weighted by molar-refractivity contribution is 0.0245. The third-order valence-electron chi connectivity index (χ3n) is 5.31. The van der Waals surface area contributed by atoms with Crippen molar-refractivity contribution in [3.8, 4) is 22.9 Å². The summed E-state index contributed by atoms with van der Waals surface area (Å²) in [4.78, 5) is 2.23. The van der Waals surface area contributed by atoms with Gasteiger partial charge in [0, 0.05) is 25.7 Å². The number of aryl methyl sites for hydroxylation is 2. The van der Waals surface area contributed by atoms with Crippen LogP contribution in [0.3, 0.4) is 0 Å². The molecule has 1 N–H and O–H groups in total. The molecule has 0 radical (unpaired) electrons. The van der Waals surface area contributed by atoms with Crippen LogP contribution in [0.5, 0.6) is 11.6 Å². The Bertz CT molecular complexity index is 999. The number of aliphatic hydroxyl groups excluding tert-OH is 1. The van der Waals surface area contributed by atoms with Gasteiger partial charge in [0.2, 0.25) is 5.88 Å². The quantitative estimate of drug-likeness (QED) is 0.295. The standard InChI is InChI=1S/C27H35N3O3/c1-5-16-30(18-23(31)20-32-17-6-2)19-25-26(22-10-8-7-9-11-22)28-29(4)27(25)33-24-14-12-21(3)13-15-24/h6-15,23,31H,2,5,16-20H2,1,3-4H3/t23-/m1/s1. The first-order chi connectivity index (χ1) is 16.0. The highest BCUT2D eigenvalue weighted by Gasteiger charge is 2.23. The van der Waals surface area contributed by atoms with E-state index in [1.54, 1.807) is 10.8 Å². The Labute approximate surface area is 197 Å². The molecule has 0 unspecified atom stereocenters. The second-order valence-electron chi connectivity index (χ2n) is 8.25. The summed E-state index contributed by atoms with van der Waals surface area (Å²) < 4.78 is 13.6. The van der Waals surface area contributed by atoms with E-state index in [1.165, 1.54) is 5.56 Å². The number of aliphatic hydroxyl groups is 1. The maximum absolute atomic E-state index is 10.5. The largest absolute Gasteiger partial charge is 0.439 e. The molecule has 1 atom stereocenters. The summed E-state index contributed by atoms with van der Waals surface area (Å²) in [7, 11) is 1.90. The van der Waals surface area contributed by atoms with Crippen molar-refractivity contribution in [2.75, 3.05) is 26.3 Å². The minimum absolute atomic E-state index is 0.275. The SMILES string of the molecule is C=CCOC[C@H](O)CN(CCC)Cc1c(-c2ccccc2)nn(C)c1Oc1ccc(C)cc1. The number of hydrogen-bond acceptors (Lipinski definition) is 5. The second kappa shape index (κ2) is 12.3. The number of hydrogen-bond donors (Lipinski definition) is 1. The molecule has 3 rings (SSSR count). The fraction of sp³-hybridized carbons (Fsp3) is 0.370. The Hall–Kier alpha value is -2.93. The topological polar surface area (TPSA) is 59.8 Å². The smallest absolute Gasteiger partial charge is 0.222 e. The molecule has 0 aliphatic carbocycles. The average Bonchev–Trinajstić information content (AvgIpc) is 3.11. The molecule has 0 saturated carbocycles. The van der Waals surface area contributed by atoms with Gasteiger partial charge in [-0.3, -0.25) is 4.90 Å². The van der Waals surface area contributed by atoms with Crippen LogP contribution in [0.15, 0.2) is 67.3 Å². The molecule has 0 spiro atoms. The van der Waals surface area contributed by atoms with E-state index in [1.807, 2.05) is 49.5 Å². The molecule has 2 aromatic carbocycles. The van der Waals surface area contributed by atoms with Crippen molar-refractivity contribution in [3.63, 3.8) is 0 Å². The van der Waals surface area contributed by atoms with Crippen molar-refractivity contribution in [1.82, 2.24) is 14.7 Å². The fourth-order valence-corrected chi connectivity index (χ4v) is 3.78. The van der Waals surface area contributed by atoms with E-state index in [0.29, 0.717) is 25.6 Å².